The van der Waals surface area contributed by atoms with Crippen LogP contribution in [0.25, 0.3) is 0 Å². The molecule has 6 nitrogen and oxygen atoms in total. The highest BCUT2D eigenvalue weighted by Crippen LogP contribution is 2.27. The van der Waals surface area contributed by atoms with Crippen LogP contribution in [0.2, 0.25) is 0 Å². The highest BCUT2D eigenvalue weighted by atomic mass is 16.2. The van der Waals surface area contributed by atoms with Gasteiger partial charge in [-0.15, -0.1) is 0 Å². The quantitative estimate of drug-likeness (QED) is 0.789. The van der Waals surface area contributed by atoms with E-state index in [-0.39, 0.29) is 11.9 Å². The largest absolute Gasteiger partial charge is 0.360 e. The predicted molar refractivity (Wildman–Crippen MR) is 103 cm³/mol. The maximum absolute atomic E-state index is 13.0. The minimum absolute atomic E-state index is 0.170. The molecule has 3 amide bonds. The Morgan fingerprint density at radius 2 is 1.56 bits per heavy atom. The average molecular weight is 365 g/mol. The lowest BCUT2D eigenvalue weighted by molar-refractivity contribution is -0.907. The number of para-hydroxylation sites is 1. The molecular weight excluding hydrogens is 340 g/mol. The van der Waals surface area contributed by atoms with Crippen LogP contribution in [0.4, 0.5) is 10.5 Å². The summed E-state index contributed by atoms with van der Waals surface area (Å²) in [6, 6.07) is 19.5. The zero-order valence-corrected chi connectivity index (χ0v) is 15.5. The lowest BCUT2D eigenvalue weighted by Crippen LogP contribution is -3.16. The summed E-state index contributed by atoms with van der Waals surface area (Å²) in [6.07, 6.45) is 0. The van der Waals surface area contributed by atoms with Crippen LogP contribution in [0, 0.1) is 0 Å². The summed E-state index contributed by atoms with van der Waals surface area (Å²) in [5, 5.41) is 2.88. The molecule has 1 atom stereocenters. The molecule has 2 heterocycles. The highest BCUT2D eigenvalue weighted by Gasteiger charge is 2.50. The zero-order valence-electron chi connectivity index (χ0n) is 15.5. The molecule has 2 N–H and O–H groups in total. The maximum atomic E-state index is 13.0. The number of nitrogens with one attached hydrogen (secondary N) is 2. The predicted octanol–water partition coefficient (Wildman–Crippen LogP) is 0.816. The molecular formula is C21H25N4O2+. The number of quaternary nitrogens is 1. The van der Waals surface area contributed by atoms with Gasteiger partial charge in [-0.1, -0.05) is 48.5 Å². The molecule has 0 saturated carbocycles. The number of urea groups is 1. The summed E-state index contributed by atoms with van der Waals surface area (Å²) >= 11 is 0. The first-order valence-corrected chi connectivity index (χ1v) is 9.41. The van der Waals surface area contributed by atoms with Crippen molar-refractivity contribution in [3.8, 4) is 0 Å². The second kappa shape index (κ2) is 7.04. The van der Waals surface area contributed by atoms with Crippen LogP contribution in [-0.2, 0) is 10.3 Å². The number of anilines is 1. The molecule has 0 aromatic heterocycles. The van der Waals surface area contributed by atoms with E-state index in [1.165, 1.54) is 15.5 Å². The van der Waals surface area contributed by atoms with E-state index in [2.05, 4.69) is 22.3 Å². The number of hydrogen-bond donors (Lipinski definition) is 2. The van der Waals surface area contributed by atoms with Gasteiger partial charge in [-0.25, -0.2) is 9.69 Å². The van der Waals surface area contributed by atoms with Crippen LogP contribution in [0.15, 0.2) is 60.7 Å². The van der Waals surface area contributed by atoms with Crippen LogP contribution in [0.1, 0.15) is 12.5 Å². The zero-order chi connectivity index (χ0) is 18.9. The molecule has 0 unspecified atom stereocenters. The number of piperazine rings is 1. The van der Waals surface area contributed by atoms with Crippen LogP contribution in [-0.4, -0.2) is 49.7 Å². The monoisotopic (exact) mass is 365 g/mol. The first-order chi connectivity index (χ1) is 13.1. The van der Waals surface area contributed by atoms with Gasteiger partial charge in [0, 0.05) is 5.69 Å². The summed E-state index contributed by atoms with van der Waals surface area (Å²) in [5.41, 5.74) is 1.06. The number of carbonyl (C=O) groups excluding carboxylic acids is 2. The Balaban J connectivity index is 1.40. The van der Waals surface area contributed by atoms with Gasteiger partial charge in [0.05, 0.1) is 26.2 Å². The van der Waals surface area contributed by atoms with Crippen molar-refractivity contribution in [2.75, 3.05) is 37.7 Å². The molecule has 140 valence electrons. The Morgan fingerprint density at radius 1 is 0.963 bits per heavy atom. The molecule has 0 radical (unpaired) electrons. The molecule has 4 rings (SSSR count). The number of nitrogens with zero attached hydrogens (tertiary/aromatic N) is 2. The van der Waals surface area contributed by atoms with Crippen molar-refractivity contribution in [3.63, 3.8) is 0 Å². The highest BCUT2D eigenvalue weighted by molar-refractivity contribution is 6.07. The van der Waals surface area contributed by atoms with Crippen molar-refractivity contribution in [2.24, 2.45) is 0 Å². The summed E-state index contributed by atoms with van der Waals surface area (Å²) in [4.78, 5) is 30.5. The van der Waals surface area contributed by atoms with E-state index >= 15 is 0 Å². The molecule has 2 aliphatic rings. The van der Waals surface area contributed by atoms with Gasteiger partial charge in [-0.2, -0.15) is 0 Å². The van der Waals surface area contributed by atoms with Gasteiger partial charge in [0.1, 0.15) is 5.54 Å². The summed E-state index contributed by atoms with van der Waals surface area (Å²) < 4.78 is 0. The number of hydrogen-bond acceptors (Lipinski definition) is 3. The molecule has 2 aliphatic heterocycles. The van der Waals surface area contributed by atoms with E-state index < -0.39 is 5.54 Å². The van der Waals surface area contributed by atoms with Crippen LogP contribution in [0.3, 0.4) is 0 Å². The number of rotatable bonds is 4. The third-order valence-corrected chi connectivity index (χ3v) is 5.60. The Kier molecular flexibility index (Phi) is 4.58. The van der Waals surface area contributed by atoms with Crippen molar-refractivity contribution in [2.45, 2.75) is 12.5 Å². The van der Waals surface area contributed by atoms with Gasteiger partial charge >= 0.3 is 6.03 Å². The van der Waals surface area contributed by atoms with E-state index in [0.717, 1.165) is 31.7 Å². The minimum Gasteiger partial charge on any atom is -0.360 e. The Labute approximate surface area is 159 Å². The number of imide groups is 1. The van der Waals surface area contributed by atoms with Crippen molar-refractivity contribution in [1.82, 2.24) is 10.2 Å². The standard InChI is InChI=1S/C21H24N4O2/c1-21(17-8-4-2-5-9-17)19(26)25(20(27)22-21)16-23-12-14-24(15-13-23)18-10-6-3-7-11-18/h2-11H,12-16H2,1H3,(H,22,27)/p+1/t21-/m0/s1. The molecule has 2 saturated heterocycles. The van der Waals surface area contributed by atoms with Crippen LogP contribution in [0.5, 0.6) is 0 Å². The van der Waals surface area contributed by atoms with Crippen LogP contribution >= 0.6 is 0 Å². The molecule has 6 heteroatoms. The molecule has 0 spiro atoms. The van der Waals surface area contributed by atoms with E-state index in [0.29, 0.717) is 6.67 Å². The molecule has 2 aromatic rings. The average Bonchev–Trinajstić information content (AvgIpc) is 2.94. The molecule has 27 heavy (non-hydrogen) atoms. The van der Waals surface area contributed by atoms with E-state index in [1.807, 2.05) is 48.5 Å². The topological polar surface area (TPSA) is 57.1 Å². The fraction of sp³-hybridized carbons (Fsp3) is 0.333. The van der Waals surface area contributed by atoms with Gasteiger partial charge in [0.15, 0.2) is 6.67 Å². The third-order valence-electron chi connectivity index (χ3n) is 5.60. The van der Waals surface area contributed by atoms with Crippen molar-refractivity contribution < 1.29 is 14.5 Å². The lowest BCUT2D eigenvalue weighted by atomic mass is 9.92. The van der Waals surface area contributed by atoms with Crippen molar-refractivity contribution in [1.29, 1.82) is 0 Å². The molecule has 2 fully saturated rings. The van der Waals surface area contributed by atoms with Gasteiger partial charge in [-0.05, 0) is 24.6 Å². The fourth-order valence-electron chi connectivity index (χ4n) is 3.91. The van der Waals surface area contributed by atoms with E-state index in [9.17, 15) is 9.59 Å². The van der Waals surface area contributed by atoms with Crippen molar-refractivity contribution >= 4 is 17.6 Å². The Hall–Kier alpha value is -2.86. The third kappa shape index (κ3) is 3.28. The van der Waals surface area contributed by atoms with E-state index in [1.54, 1.807) is 6.92 Å². The molecule has 0 bridgehead atoms. The molecule has 2 aromatic carbocycles. The lowest BCUT2D eigenvalue weighted by Gasteiger charge is -2.34. The normalized spacial score (nSPS) is 23.6. The van der Waals surface area contributed by atoms with E-state index in [4.69, 9.17) is 0 Å². The summed E-state index contributed by atoms with van der Waals surface area (Å²) in [5.74, 6) is -0.170. The Morgan fingerprint density at radius 3 is 2.19 bits per heavy atom. The van der Waals surface area contributed by atoms with Gasteiger partial charge in [0.2, 0.25) is 0 Å². The number of benzene rings is 2. The SMILES string of the molecule is C[C@@]1(c2ccccc2)NC(=O)N(C[NH+]2CCN(c3ccccc3)CC2)C1=O. The first-order valence-electron chi connectivity index (χ1n) is 9.41. The molecule has 0 aliphatic carbocycles. The summed E-state index contributed by atoms with van der Waals surface area (Å²) in [6.45, 7) is 5.82. The Bertz CT molecular complexity index is 819. The number of amides is 3. The fourth-order valence-corrected chi connectivity index (χ4v) is 3.91. The summed E-state index contributed by atoms with van der Waals surface area (Å²) in [7, 11) is 0. The number of carbonyl (C=O) groups is 2. The van der Waals surface area contributed by atoms with Crippen LogP contribution < -0.4 is 15.1 Å². The first kappa shape index (κ1) is 17.5. The van der Waals surface area contributed by atoms with Gasteiger partial charge in [0.25, 0.3) is 5.91 Å². The second-order valence-corrected chi connectivity index (χ2v) is 7.39. The minimum atomic E-state index is -0.982. The van der Waals surface area contributed by atoms with Gasteiger partial charge < -0.3 is 15.1 Å². The smallest absolute Gasteiger partial charge is 0.329 e. The van der Waals surface area contributed by atoms with Gasteiger partial charge in [-0.3, -0.25) is 4.79 Å². The maximum Gasteiger partial charge on any atom is 0.329 e. The second-order valence-electron chi connectivity index (χ2n) is 7.39. The van der Waals surface area contributed by atoms with Crippen molar-refractivity contribution in [3.05, 3.63) is 66.2 Å².